The molecule has 6 heteroatoms. The number of benzene rings is 2. The van der Waals surface area contributed by atoms with Gasteiger partial charge in [0.2, 0.25) is 5.88 Å². The van der Waals surface area contributed by atoms with Gasteiger partial charge in [0.25, 0.3) is 5.91 Å². The number of ether oxygens (including phenoxy) is 1. The lowest BCUT2D eigenvalue weighted by Gasteiger charge is -2.14. The molecule has 0 saturated carbocycles. The topological polar surface area (TPSA) is 44.8 Å². The molecule has 23 heavy (non-hydrogen) atoms. The summed E-state index contributed by atoms with van der Waals surface area (Å²) in [5, 5.41) is 3.32. The first-order valence-corrected chi connectivity index (χ1v) is 7.53. The second-order valence-corrected chi connectivity index (χ2v) is 5.60. The van der Waals surface area contributed by atoms with Crippen molar-refractivity contribution < 1.29 is 9.53 Å². The molecule has 0 atom stereocenters. The maximum atomic E-state index is 12.8. The van der Waals surface area contributed by atoms with Gasteiger partial charge in [-0.1, -0.05) is 30.3 Å². The fraction of sp³-hybridized carbons (Fsp3) is 0.0588. The Balaban J connectivity index is 1.75. The van der Waals surface area contributed by atoms with E-state index >= 15 is 0 Å². The summed E-state index contributed by atoms with van der Waals surface area (Å²) in [5.41, 5.74) is 1.98. The Bertz CT molecular complexity index is 848. The molecule has 2 aliphatic heterocycles. The van der Waals surface area contributed by atoms with Gasteiger partial charge >= 0.3 is 0 Å². The van der Waals surface area contributed by atoms with Crippen LogP contribution in [0.25, 0.3) is 0 Å². The van der Waals surface area contributed by atoms with E-state index < -0.39 is 0 Å². The Morgan fingerprint density at radius 1 is 1.04 bits per heavy atom. The highest BCUT2D eigenvalue weighted by Crippen LogP contribution is 2.39. The van der Waals surface area contributed by atoms with E-state index in [1.165, 1.54) is 4.90 Å². The molecule has 0 radical (unpaired) electrons. The highest BCUT2D eigenvalue weighted by atomic mass is 32.1. The average molecular weight is 323 g/mol. The zero-order valence-electron chi connectivity index (χ0n) is 12.3. The number of hydrogen-bond donors (Lipinski definition) is 1. The van der Waals surface area contributed by atoms with E-state index in [-0.39, 0.29) is 5.91 Å². The molecular weight excluding hydrogens is 310 g/mol. The number of nitrogens with one attached hydrogen (secondary N) is 1. The second kappa shape index (κ2) is 5.10. The van der Waals surface area contributed by atoms with Gasteiger partial charge in [0.1, 0.15) is 0 Å². The number of amides is 1. The van der Waals surface area contributed by atoms with E-state index in [0.29, 0.717) is 16.7 Å². The van der Waals surface area contributed by atoms with Crippen molar-refractivity contribution in [3.05, 3.63) is 66.2 Å². The molecule has 0 aromatic heterocycles. The summed E-state index contributed by atoms with van der Waals surface area (Å²) in [6.07, 6.45) is 0. The molecule has 2 aromatic rings. The van der Waals surface area contributed by atoms with Crippen molar-refractivity contribution in [3.8, 4) is 5.75 Å². The van der Waals surface area contributed by atoms with Crippen LogP contribution in [0.4, 0.5) is 11.4 Å². The minimum Gasteiger partial charge on any atom is -0.436 e. The summed E-state index contributed by atoms with van der Waals surface area (Å²) >= 11 is 5.32. The van der Waals surface area contributed by atoms with Crippen LogP contribution in [0, 0.1) is 0 Å². The van der Waals surface area contributed by atoms with Crippen LogP contribution in [0.1, 0.15) is 0 Å². The van der Waals surface area contributed by atoms with Gasteiger partial charge in [0.05, 0.1) is 11.4 Å². The summed E-state index contributed by atoms with van der Waals surface area (Å²) in [6.45, 7) is 0. The quantitative estimate of drug-likeness (QED) is 0.646. The van der Waals surface area contributed by atoms with Crippen molar-refractivity contribution in [3.63, 3.8) is 0 Å². The first-order chi connectivity index (χ1) is 11.2. The molecule has 0 aliphatic carbocycles. The van der Waals surface area contributed by atoms with Crippen molar-refractivity contribution in [2.24, 2.45) is 0 Å². The Labute approximate surface area is 138 Å². The highest BCUT2D eigenvalue weighted by molar-refractivity contribution is 7.80. The predicted octanol–water partition coefficient (Wildman–Crippen LogP) is 2.61. The van der Waals surface area contributed by atoms with E-state index in [4.69, 9.17) is 17.0 Å². The number of thiocarbonyl (C=S) groups is 1. The molecule has 1 N–H and O–H groups in total. The van der Waals surface area contributed by atoms with Gasteiger partial charge in [0, 0.05) is 7.05 Å². The van der Waals surface area contributed by atoms with Gasteiger partial charge in [-0.2, -0.15) is 0 Å². The van der Waals surface area contributed by atoms with Gasteiger partial charge < -0.3 is 15.0 Å². The van der Waals surface area contributed by atoms with Crippen molar-refractivity contribution in [2.45, 2.75) is 0 Å². The summed E-state index contributed by atoms with van der Waals surface area (Å²) in [4.78, 5) is 16.1. The minimum absolute atomic E-state index is 0.226. The van der Waals surface area contributed by atoms with Crippen LogP contribution >= 0.6 is 12.2 Å². The maximum Gasteiger partial charge on any atom is 0.286 e. The van der Waals surface area contributed by atoms with E-state index in [0.717, 1.165) is 17.1 Å². The largest absolute Gasteiger partial charge is 0.436 e. The van der Waals surface area contributed by atoms with Crippen LogP contribution in [-0.4, -0.2) is 18.1 Å². The van der Waals surface area contributed by atoms with Gasteiger partial charge in [-0.3, -0.25) is 9.69 Å². The first kappa shape index (κ1) is 13.8. The Kier molecular flexibility index (Phi) is 3.06. The fourth-order valence-electron chi connectivity index (χ4n) is 2.70. The molecule has 2 heterocycles. The lowest BCUT2D eigenvalue weighted by molar-refractivity contribution is -0.114. The van der Waals surface area contributed by atoms with Gasteiger partial charge in [-0.25, -0.2) is 0 Å². The van der Waals surface area contributed by atoms with Crippen molar-refractivity contribution in [2.75, 3.05) is 16.8 Å². The second-order valence-electron chi connectivity index (χ2n) is 5.22. The van der Waals surface area contributed by atoms with Gasteiger partial charge in [0.15, 0.2) is 16.6 Å². The fourth-order valence-corrected chi connectivity index (χ4v) is 2.99. The number of nitrogens with zero attached hydrogens (tertiary/aromatic N) is 2. The molecule has 5 nitrogen and oxygen atoms in total. The third-order valence-corrected chi connectivity index (χ3v) is 4.10. The number of carbonyl (C=O) groups is 1. The van der Waals surface area contributed by atoms with Crippen LogP contribution in [0.2, 0.25) is 0 Å². The predicted molar refractivity (Wildman–Crippen MR) is 92.2 cm³/mol. The molecule has 0 spiro atoms. The number of anilines is 2. The minimum atomic E-state index is -0.226. The number of para-hydroxylation sites is 3. The molecule has 0 bridgehead atoms. The molecule has 2 aromatic carbocycles. The van der Waals surface area contributed by atoms with E-state index in [1.807, 2.05) is 66.5 Å². The van der Waals surface area contributed by atoms with Crippen molar-refractivity contribution >= 4 is 34.6 Å². The van der Waals surface area contributed by atoms with Crippen LogP contribution in [0.5, 0.6) is 5.75 Å². The van der Waals surface area contributed by atoms with Crippen molar-refractivity contribution in [1.82, 2.24) is 5.32 Å². The van der Waals surface area contributed by atoms with E-state index in [9.17, 15) is 4.79 Å². The molecule has 1 amide bonds. The van der Waals surface area contributed by atoms with E-state index in [2.05, 4.69) is 5.32 Å². The lowest BCUT2D eigenvalue weighted by atomic mass is 10.3. The average Bonchev–Trinajstić information content (AvgIpc) is 3.05. The molecule has 0 unspecified atom stereocenters. The Morgan fingerprint density at radius 3 is 2.48 bits per heavy atom. The number of carbonyl (C=O) groups excluding carboxylic acids is 1. The van der Waals surface area contributed by atoms with Crippen LogP contribution in [0.3, 0.4) is 0 Å². The van der Waals surface area contributed by atoms with E-state index in [1.54, 1.807) is 0 Å². The summed E-state index contributed by atoms with van der Waals surface area (Å²) in [5.74, 6) is 0.948. The molecule has 4 rings (SSSR count). The van der Waals surface area contributed by atoms with Gasteiger partial charge in [-0.15, -0.1) is 0 Å². The summed E-state index contributed by atoms with van der Waals surface area (Å²) < 4.78 is 5.84. The van der Waals surface area contributed by atoms with Crippen LogP contribution in [-0.2, 0) is 4.79 Å². The standard InChI is InChI=1S/C17H13N3O2S/c1-19-12-9-5-6-10-13(12)22-16(19)14-15(21)20(17(23)18-14)11-7-3-2-4-8-11/h2-10H,1H3,(H,18,23). The normalized spacial score (nSPS) is 19.7. The highest BCUT2D eigenvalue weighted by Gasteiger charge is 2.38. The number of rotatable bonds is 1. The third-order valence-electron chi connectivity index (χ3n) is 3.82. The zero-order valence-corrected chi connectivity index (χ0v) is 13.1. The maximum absolute atomic E-state index is 12.8. The molecular formula is C17H13N3O2S. The summed E-state index contributed by atoms with van der Waals surface area (Å²) in [7, 11) is 1.86. The molecule has 1 saturated heterocycles. The van der Waals surface area contributed by atoms with Crippen molar-refractivity contribution in [1.29, 1.82) is 0 Å². The number of hydrogen-bond acceptors (Lipinski definition) is 4. The van der Waals surface area contributed by atoms with Gasteiger partial charge in [-0.05, 0) is 36.5 Å². The summed E-state index contributed by atoms with van der Waals surface area (Å²) in [6, 6.07) is 16.9. The monoisotopic (exact) mass is 323 g/mol. The smallest absolute Gasteiger partial charge is 0.286 e. The SMILES string of the molecule is CN1C(=C2NC(=S)N(c3ccccc3)C2=O)Oc2ccccc21. The first-order valence-electron chi connectivity index (χ1n) is 7.12. The van der Waals surface area contributed by atoms with Crippen LogP contribution < -0.4 is 19.9 Å². The Morgan fingerprint density at radius 2 is 1.74 bits per heavy atom. The Hall–Kier alpha value is -2.86. The lowest BCUT2D eigenvalue weighted by Crippen LogP contribution is -2.30. The molecule has 114 valence electrons. The molecule has 2 aliphatic rings. The molecule has 1 fully saturated rings. The van der Waals surface area contributed by atoms with Crippen LogP contribution in [0.15, 0.2) is 66.2 Å². The zero-order chi connectivity index (χ0) is 16.0. The third kappa shape index (κ3) is 2.07. The number of fused-ring (bicyclic) bond motifs is 1.